The van der Waals surface area contributed by atoms with Crippen LogP contribution in [0.15, 0.2) is 0 Å². The van der Waals surface area contributed by atoms with Crippen LogP contribution in [0.5, 0.6) is 0 Å². The molecule has 0 aliphatic carbocycles. The molecule has 0 radical (unpaired) electrons. The van der Waals surface area contributed by atoms with Crippen molar-refractivity contribution >= 4 is 24.3 Å². The van der Waals surface area contributed by atoms with Crippen LogP contribution in [0, 0.1) is 11.8 Å². The highest BCUT2D eigenvalue weighted by molar-refractivity contribution is 5.95. The second-order valence-corrected chi connectivity index (χ2v) is 5.82. The number of hydrogen-bond acceptors (Lipinski definition) is 4. The van der Waals surface area contributed by atoms with Gasteiger partial charge in [0.2, 0.25) is 5.91 Å². The van der Waals surface area contributed by atoms with Crippen molar-refractivity contribution in [3.05, 3.63) is 0 Å². The van der Waals surface area contributed by atoms with E-state index in [0.29, 0.717) is 18.4 Å². The Kier molecular flexibility index (Phi) is 8.76. The van der Waals surface area contributed by atoms with E-state index >= 15 is 0 Å². The van der Waals surface area contributed by atoms with Crippen LogP contribution in [-0.4, -0.2) is 49.1 Å². The second-order valence-electron chi connectivity index (χ2n) is 5.82. The maximum absolute atomic E-state index is 11.7. The van der Waals surface area contributed by atoms with E-state index < -0.39 is 6.03 Å². The number of nitrogens with two attached hydrogens (primary N) is 1. The molecule has 1 aliphatic heterocycles. The number of amides is 3. The highest BCUT2D eigenvalue weighted by atomic mass is 35.5. The van der Waals surface area contributed by atoms with E-state index in [1.54, 1.807) is 0 Å². The van der Waals surface area contributed by atoms with Crippen LogP contribution in [0.25, 0.3) is 0 Å². The fourth-order valence-electron chi connectivity index (χ4n) is 2.10. The first-order valence-electron chi connectivity index (χ1n) is 6.94. The zero-order valence-corrected chi connectivity index (χ0v) is 13.3. The molecular weight excluding hydrogens is 280 g/mol. The van der Waals surface area contributed by atoms with Gasteiger partial charge in [-0.3, -0.25) is 15.0 Å². The molecular formula is C13H27ClN4O2. The topological polar surface area (TPSA) is 87.5 Å². The monoisotopic (exact) mass is 306 g/mol. The Bertz CT molecular complexity index is 325. The molecule has 1 fully saturated rings. The molecule has 4 N–H and O–H groups in total. The number of piperidine rings is 1. The number of halogens is 1. The second kappa shape index (κ2) is 9.15. The van der Waals surface area contributed by atoms with Crippen LogP contribution < -0.4 is 16.4 Å². The summed E-state index contributed by atoms with van der Waals surface area (Å²) in [6.45, 7) is 8.53. The molecule has 1 rings (SSSR count). The molecule has 1 heterocycles. The van der Waals surface area contributed by atoms with Crippen LogP contribution in [0.1, 0.15) is 27.2 Å². The van der Waals surface area contributed by atoms with E-state index in [2.05, 4.69) is 17.6 Å². The van der Waals surface area contributed by atoms with Gasteiger partial charge < -0.3 is 11.1 Å². The van der Waals surface area contributed by atoms with E-state index in [1.807, 2.05) is 18.7 Å². The lowest BCUT2D eigenvalue weighted by atomic mass is 9.95. The van der Waals surface area contributed by atoms with Gasteiger partial charge in [-0.15, -0.1) is 12.4 Å². The fourth-order valence-corrected chi connectivity index (χ4v) is 2.10. The maximum Gasteiger partial charge on any atom is 0.321 e. The first kappa shape index (κ1) is 19.1. The molecule has 0 bridgehead atoms. The average Bonchev–Trinajstić information content (AvgIpc) is 2.31. The van der Waals surface area contributed by atoms with E-state index in [-0.39, 0.29) is 30.9 Å². The van der Waals surface area contributed by atoms with Gasteiger partial charge in [0.25, 0.3) is 0 Å². The number of nitrogens with zero attached hydrogens (tertiary/aromatic N) is 1. The number of nitrogens with one attached hydrogen (secondary N) is 2. The Labute approximate surface area is 127 Å². The molecule has 2 atom stereocenters. The third-order valence-corrected chi connectivity index (χ3v) is 3.35. The third kappa shape index (κ3) is 7.07. The van der Waals surface area contributed by atoms with Gasteiger partial charge in [0, 0.05) is 25.7 Å². The van der Waals surface area contributed by atoms with Gasteiger partial charge in [0.15, 0.2) is 0 Å². The summed E-state index contributed by atoms with van der Waals surface area (Å²) in [5.41, 5.74) is 5.93. The largest absolute Gasteiger partial charge is 0.338 e. The molecule has 2 unspecified atom stereocenters. The molecule has 0 aromatic heterocycles. The third-order valence-electron chi connectivity index (χ3n) is 3.35. The summed E-state index contributed by atoms with van der Waals surface area (Å²) in [6.07, 6.45) is 0.897. The number of urea groups is 1. The van der Waals surface area contributed by atoms with Crippen molar-refractivity contribution < 1.29 is 9.59 Å². The van der Waals surface area contributed by atoms with Gasteiger partial charge >= 0.3 is 6.03 Å². The van der Waals surface area contributed by atoms with Crippen molar-refractivity contribution in [1.29, 1.82) is 0 Å². The SMILES string of the molecule is CC(C)CNC(=O)NC(=O)CN1CCC(N)C(C)C1.Cl. The Hall–Kier alpha value is -0.850. The van der Waals surface area contributed by atoms with E-state index in [1.165, 1.54) is 0 Å². The Morgan fingerprint density at radius 1 is 1.40 bits per heavy atom. The number of carbonyl (C=O) groups excluding carboxylic acids is 2. The minimum Gasteiger partial charge on any atom is -0.338 e. The lowest BCUT2D eigenvalue weighted by Crippen LogP contribution is -2.50. The predicted octanol–water partition coefficient (Wildman–Crippen LogP) is 0.559. The summed E-state index contributed by atoms with van der Waals surface area (Å²) in [5.74, 6) is 0.491. The standard InChI is InChI=1S/C13H26N4O2.ClH/c1-9(2)6-15-13(19)16-12(18)8-17-5-4-11(14)10(3)7-17;/h9-11H,4-8,14H2,1-3H3,(H2,15,16,18,19);1H. The molecule has 0 aromatic carbocycles. The van der Waals surface area contributed by atoms with Crippen molar-refractivity contribution in [1.82, 2.24) is 15.5 Å². The average molecular weight is 307 g/mol. The smallest absolute Gasteiger partial charge is 0.321 e. The predicted molar refractivity (Wildman–Crippen MR) is 81.8 cm³/mol. The van der Waals surface area contributed by atoms with Crippen molar-refractivity contribution in [3.8, 4) is 0 Å². The molecule has 1 saturated heterocycles. The quantitative estimate of drug-likeness (QED) is 0.708. The summed E-state index contributed by atoms with van der Waals surface area (Å²) in [4.78, 5) is 25.2. The van der Waals surface area contributed by atoms with Gasteiger partial charge in [0.05, 0.1) is 6.54 Å². The maximum atomic E-state index is 11.7. The van der Waals surface area contributed by atoms with E-state index in [4.69, 9.17) is 5.73 Å². The molecule has 6 nitrogen and oxygen atoms in total. The molecule has 1 aliphatic rings. The van der Waals surface area contributed by atoms with E-state index in [9.17, 15) is 9.59 Å². The normalized spacial score (nSPS) is 23.1. The number of carbonyl (C=O) groups is 2. The van der Waals surface area contributed by atoms with E-state index in [0.717, 1.165) is 19.5 Å². The van der Waals surface area contributed by atoms with Crippen LogP contribution in [-0.2, 0) is 4.79 Å². The van der Waals surface area contributed by atoms with Gasteiger partial charge in [-0.25, -0.2) is 4.79 Å². The summed E-state index contributed by atoms with van der Waals surface area (Å²) in [5, 5.41) is 5.00. The highest BCUT2D eigenvalue weighted by Gasteiger charge is 2.24. The Morgan fingerprint density at radius 2 is 2.05 bits per heavy atom. The lowest BCUT2D eigenvalue weighted by molar-refractivity contribution is -0.121. The van der Waals surface area contributed by atoms with Gasteiger partial charge in [-0.2, -0.15) is 0 Å². The van der Waals surface area contributed by atoms with Crippen LogP contribution in [0.3, 0.4) is 0 Å². The van der Waals surface area contributed by atoms with Gasteiger partial charge in [-0.05, 0) is 18.3 Å². The summed E-state index contributed by atoms with van der Waals surface area (Å²) < 4.78 is 0. The highest BCUT2D eigenvalue weighted by Crippen LogP contribution is 2.14. The summed E-state index contributed by atoms with van der Waals surface area (Å²) in [7, 11) is 0. The first-order valence-corrected chi connectivity index (χ1v) is 6.94. The fraction of sp³-hybridized carbons (Fsp3) is 0.846. The molecule has 0 spiro atoms. The molecule has 3 amide bonds. The van der Waals surface area contributed by atoms with Crippen LogP contribution >= 0.6 is 12.4 Å². The Morgan fingerprint density at radius 3 is 2.60 bits per heavy atom. The van der Waals surface area contributed by atoms with Crippen LogP contribution in [0.2, 0.25) is 0 Å². The minimum absolute atomic E-state index is 0. The molecule has 0 aromatic rings. The summed E-state index contributed by atoms with van der Waals surface area (Å²) >= 11 is 0. The first-order chi connectivity index (χ1) is 8.88. The number of likely N-dealkylation sites (tertiary alicyclic amines) is 1. The van der Waals surface area contributed by atoms with Crippen molar-refractivity contribution in [2.75, 3.05) is 26.2 Å². The number of hydrogen-bond donors (Lipinski definition) is 3. The molecule has 0 saturated carbocycles. The van der Waals surface area contributed by atoms with Gasteiger partial charge in [-0.1, -0.05) is 20.8 Å². The minimum atomic E-state index is -0.416. The molecule has 7 heteroatoms. The van der Waals surface area contributed by atoms with Crippen molar-refractivity contribution in [2.45, 2.75) is 33.2 Å². The van der Waals surface area contributed by atoms with Gasteiger partial charge in [0.1, 0.15) is 0 Å². The Balaban J connectivity index is 0.00000361. The zero-order chi connectivity index (χ0) is 14.4. The zero-order valence-electron chi connectivity index (χ0n) is 12.5. The van der Waals surface area contributed by atoms with Crippen molar-refractivity contribution in [2.24, 2.45) is 17.6 Å². The number of rotatable bonds is 4. The molecule has 118 valence electrons. The van der Waals surface area contributed by atoms with Crippen molar-refractivity contribution in [3.63, 3.8) is 0 Å². The number of imide groups is 1. The lowest BCUT2D eigenvalue weighted by Gasteiger charge is -2.34. The van der Waals surface area contributed by atoms with Crippen LogP contribution in [0.4, 0.5) is 4.79 Å². The summed E-state index contributed by atoms with van der Waals surface area (Å²) in [6, 6.07) is -0.200. The molecule has 20 heavy (non-hydrogen) atoms.